The van der Waals surface area contributed by atoms with E-state index in [0.717, 1.165) is 25.8 Å². The summed E-state index contributed by atoms with van der Waals surface area (Å²) < 4.78 is 38.8. The van der Waals surface area contributed by atoms with Crippen LogP contribution in [0.3, 0.4) is 0 Å². The molecule has 2 saturated heterocycles. The molecule has 2 aromatic carbocycles. The van der Waals surface area contributed by atoms with Gasteiger partial charge in [0.05, 0.1) is 16.6 Å². The molecule has 2 fully saturated rings. The molecule has 2 heterocycles. The van der Waals surface area contributed by atoms with Gasteiger partial charge in [0.25, 0.3) is 0 Å². The molecule has 172 valence electrons. The number of nitrogens with zero attached hydrogens (tertiary/aromatic N) is 2. The Labute approximate surface area is 190 Å². The minimum atomic E-state index is -3.68. The lowest BCUT2D eigenvalue weighted by atomic mass is 10.1. The van der Waals surface area contributed by atoms with E-state index in [2.05, 4.69) is 17.0 Å². The maximum atomic E-state index is 13.2. The summed E-state index contributed by atoms with van der Waals surface area (Å²) in [6.07, 6.45) is 2.89. The number of hydrogen-bond acceptors (Lipinski definition) is 6. The molecule has 2 aromatic rings. The second-order valence-corrected chi connectivity index (χ2v) is 10.2. The highest BCUT2D eigenvalue weighted by Gasteiger charge is 2.29. The molecular formula is C24H30N2O5S. The molecule has 2 aliphatic heterocycles. The number of piperazine rings is 1. The molecule has 0 bridgehead atoms. The number of ether oxygens (including phenoxy) is 2. The molecule has 2 aliphatic rings. The lowest BCUT2D eigenvalue weighted by Gasteiger charge is -2.34. The third-order valence-electron chi connectivity index (χ3n) is 5.96. The summed E-state index contributed by atoms with van der Waals surface area (Å²) in [4.78, 5) is 14.8. The minimum Gasteiger partial charge on any atom is -0.459 e. The molecule has 0 radical (unpaired) electrons. The fourth-order valence-corrected chi connectivity index (χ4v) is 5.56. The Morgan fingerprint density at radius 3 is 2.50 bits per heavy atom. The molecule has 1 atom stereocenters. The fraction of sp³-hybridized carbons (Fsp3) is 0.458. The number of esters is 1. The summed E-state index contributed by atoms with van der Waals surface area (Å²) in [5, 5.41) is 0. The first-order valence-electron chi connectivity index (χ1n) is 11.2. The maximum Gasteiger partial charge on any atom is 0.338 e. The number of rotatable bonds is 7. The Hall–Kier alpha value is -2.26. The smallest absolute Gasteiger partial charge is 0.338 e. The highest BCUT2D eigenvalue weighted by Crippen LogP contribution is 2.21. The van der Waals surface area contributed by atoms with Crippen molar-refractivity contribution >= 4 is 16.0 Å². The number of carbonyl (C=O) groups is 1. The molecule has 0 spiro atoms. The molecule has 4 rings (SSSR count). The predicted octanol–water partition coefficient (Wildman–Crippen LogP) is 2.92. The lowest BCUT2D eigenvalue weighted by molar-refractivity contribution is -0.0300. The van der Waals surface area contributed by atoms with E-state index in [-0.39, 0.29) is 23.2 Å². The van der Waals surface area contributed by atoms with Crippen LogP contribution in [0.4, 0.5) is 0 Å². The third-order valence-corrected chi connectivity index (χ3v) is 7.86. The van der Waals surface area contributed by atoms with Crippen molar-refractivity contribution in [2.45, 2.75) is 36.8 Å². The molecule has 0 aromatic heterocycles. The van der Waals surface area contributed by atoms with Crippen LogP contribution in [0.2, 0.25) is 0 Å². The zero-order chi connectivity index (χ0) is 22.4. The van der Waals surface area contributed by atoms with Crippen LogP contribution in [-0.4, -0.2) is 69.1 Å². The van der Waals surface area contributed by atoms with Gasteiger partial charge in [-0.05, 0) is 43.0 Å². The van der Waals surface area contributed by atoms with Crippen molar-refractivity contribution in [3.63, 3.8) is 0 Å². The van der Waals surface area contributed by atoms with Gasteiger partial charge < -0.3 is 9.47 Å². The van der Waals surface area contributed by atoms with Crippen molar-refractivity contribution in [3.8, 4) is 0 Å². The van der Waals surface area contributed by atoms with Gasteiger partial charge in [0.1, 0.15) is 6.61 Å². The van der Waals surface area contributed by atoms with Crippen molar-refractivity contribution in [1.82, 2.24) is 9.21 Å². The zero-order valence-corrected chi connectivity index (χ0v) is 19.0. The van der Waals surface area contributed by atoms with Gasteiger partial charge in [0.15, 0.2) is 0 Å². The molecule has 0 saturated carbocycles. The van der Waals surface area contributed by atoms with E-state index < -0.39 is 16.0 Å². The van der Waals surface area contributed by atoms with Crippen molar-refractivity contribution < 1.29 is 22.7 Å². The zero-order valence-electron chi connectivity index (χ0n) is 18.2. The predicted molar refractivity (Wildman–Crippen MR) is 121 cm³/mol. The molecule has 7 nitrogen and oxygen atoms in total. The van der Waals surface area contributed by atoms with Gasteiger partial charge in [0.2, 0.25) is 10.0 Å². The Kier molecular flexibility index (Phi) is 7.57. The van der Waals surface area contributed by atoms with E-state index in [9.17, 15) is 13.2 Å². The van der Waals surface area contributed by atoms with Crippen LogP contribution in [0.25, 0.3) is 0 Å². The molecule has 0 aliphatic carbocycles. The highest BCUT2D eigenvalue weighted by atomic mass is 32.2. The van der Waals surface area contributed by atoms with Crippen molar-refractivity contribution in [2.75, 3.05) is 39.4 Å². The molecule has 0 amide bonds. The summed E-state index contributed by atoms with van der Waals surface area (Å²) in [6, 6.07) is 16.3. The summed E-state index contributed by atoms with van der Waals surface area (Å²) >= 11 is 0. The van der Waals surface area contributed by atoms with Crippen molar-refractivity contribution in [3.05, 3.63) is 65.7 Å². The second-order valence-electron chi connectivity index (χ2n) is 8.28. The first-order chi connectivity index (χ1) is 15.5. The van der Waals surface area contributed by atoms with Crippen LogP contribution in [0.1, 0.15) is 35.2 Å². The summed E-state index contributed by atoms with van der Waals surface area (Å²) in [6.45, 7) is 3.86. The molecular weight excluding hydrogens is 428 g/mol. The van der Waals surface area contributed by atoms with Gasteiger partial charge in [-0.25, -0.2) is 13.2 Å². The quantitative estimate of drug-likeness (QED) is 0.594. The van der Waals surface area contributed by atoms with Crippen LogP contribution in [0.15, 0.2) is 59.5 Å². The van der Waals surface area contributed by atoms with Crippen molar-refractivity contribution in [1.29, 1.82) is 0 Å². The van der Waals surface area contributed by atoms with Crippen LogP contribution < -0.4 is 0 Å². The third kappa shape index (κ3) is 5.75. The summed E-state index contributed by atoms with van der Waals surface area (Å²) in [5.41, 5.74) is 1.46. The first kappa shape index (κ1) is 22.9. The van der Waals surface area contributed by atoms with E-state index in [0.29, 0.717) is 32.8 Å². The lowest BCUT2D eigenvalue weighted by Crippen LogP contribution is -2.48. The Morgan fingerprint density at radius 1 is 1.00 bits per heavy atom. The van der Waals surface area contributed by atoms with Crippen LogP contribution in [0, 0.1) is 0 Å². The van der Waals surface area contributed by atoms with Crippen LogP contribution in [-0.2, 0) is 26.0 Å². The standard InChI is InChI=1S/C24H30N2O5S/c27-24(31-19-22-10-4-5-16-30-22)21-9-6-11-23(17-21)32(28,29)26-14-12-25(13-15-26)18-20-7-2-1-3-8-20/h1-3,6-9,11,17,22H,4-5,10,12-16,18-19H2. The van der Waals surface area contributed by atoms with Gasteiger partial charge >= 0.3 is 5.97 Å². The van der Waals surface area contributed by atoms with Crippen LogP contribution >= 0.6 is 0 Å². The Balaban J connectivity index is 1.35. The maximum absolute atomic E-state index is 13.2. The van der Waals surface area contributed by atoms with Gasteiger partial charge in [-0.2, -0.15) is 4.31 Å². The first-order valence-corrected chi connectivity index (χ1v) is 12.6. The van der Waals surface area contributed by atoms with E-state index in [1.807, 2.05) is 18.2 Å². The number of benzene rings is 2. The highest BCUT2D eigenvalue weighted by molar-refractivity contribution is 7.89. The molecule has 1 unspecified atom stereocenters. The van der Waals surface area contributed by atoms with E-state index in [1.54, 1.807) is 12.1 Å². The van der Waals surface area contributed by atoms with Crippen molar-refractivity contribution in [2.24, 2.45) is 0 Å². The van der Waals surface area contributed by atoms with E-state index >= 15 is 0 Å². The molecule has 8 heteroatoms. The molecule has 0 N–H and O–H groups in total. The van der Waals surface area contributed by atoms with E-state index in [4.69, 9.17) is 9.47 Å². The monoisotopic (exact) mass is 458 g/mol. The Morgan fingerprint density at radius 2 is 1.78 bits per heavy atom. The van der Waals surface area contributed by atoms with Gasteiger partial charge in [-0.1, -0.05) is 36.4 Å². The average molecular weight is 459 g/mol. The van der Waals surface area contributed by atoms with E-state index in [1.165, 1.54) is 22.0 Å². The fourth-order valence-electron chi connectivity index (χ4n) is 4.09. The van der Waals surface area contributed by atoms with Gasteiger partial charge in [-0.3, -0.25) is 4.90 Å². The largest absolute Gasteiger partial charge is 0.459 e. The Bertz CT molecular complexity index is 998. The second kappa shape index (κ2) is 10.6. The number of hydrogen-bond donors (Lipinski definition) is 0. The normalized spacial score (nSPS) is 20.7. The van der Waals surface area contributed by atoms with Crippen LogP contribution in [0.5, 0.6) is 0 Å². The SMILES string of the molecule is O=C(OCC1CCCCO1)c1cccc(S(=O)(=O)N2CCN(Cc3ccccc3)CC2)c1. The summed E-state index contributed by atoms with van der Waals surface area (Å²) in [7, 11) is -3.68. The minimum absolute atomic E-state index is 0.0770. The number of carbonyl (C=O) groups excluding carboxylic acids is 1. The van der Waals surface area contributed by atoms with Gasteiger partial charge in [0, 0.05) is 39.3 Å². The molecule has 32 heavy (non-hydrogen) atoms. The van der Waals surface area contributed by atoms with Gasteiger partial charge in [-0.15, -0.1) is 0 Å². The number of sulfonamides is 1. The summed E-state index contributed by atoms with van der Waals surface area (Å²) in [5.74, 6) is -0.524. The average Bonchev–Trinajstić information content (AvgIpc) is 2.84. The topological polar surface area (TPSA) is 76.1 Å².